The van der Waals surface area contributed by atoms with Gasteiger partial charge in [0.15, 0.2) is 0 Å². The molecule has 0 spiro atoms. The molecule has 3 rings (SSSR count). The first kappa shape index (κ1) is 20.6. The first-order chi connectivity index (χ1) is 13.9. The Labute approximate surface area is 175 Å². The van der Waals surface area contributed by atoms with Crippen molar-refractivity contribution in [2.24, 2.45) is 0 Å². The normalized spacial score (nSPS) is 14.9. The summed E-state index contributed by atoms with van der Waals surface area (Å²) in [5, 5.41) is 0. The third-order valence-corrected chi connectivity index (χ3v) is 5.22. The van der Waals surface area contributed by atoms with Crippen LogP contribution in [0.4, 0.5) is 4.39 Å². The molecule has 1 aliphatic rings. The minimum absolute atomic E-state index is 0.0520. The van der Waals surface area contributed by atoms with E-state index in [-0.39, 0.29) is 24.7 Å². The van der Waals surface area contributed by atoms with E-state index in [2.05, 4.69) is 15.8 Å². The monoisotopic (exact) mass is 430 g/mol. The zero-order chi connectivity index (χ0) is 20.8. The largest absolute Gasteiger partial charge is 0.292 e. The third kappa shape index (κ3) is 5.46. The highest BCUT2D eigenvalue weighted by atomic mass is 32.2. The first-order valence-corrected chi connectivity index (χ1v) is 9.66. The average molecular weight is 430 g/mol. The molecule has 0 aliphatic carbocycles. The number of thiocarbonyl (C=S) groups is 1. The summed E-state index contributed by atoms with van der Waals surface area (Å²) in [6, 6.07) is 8.88. The Kier molecular flexibility index (Phi) is 6.68. The molecule has 0 saturated carbocycles. The van der Waals surface area contributed by atoms with Gasteiger partial charge in [0.25, 0.3) is 11.8 Å². The Morgan fingerprint density at radius 2 is 1.97 bits per heavy atom. The van der Waals surface area contributed by atoms with Gasteiger partial charge in [0, 0.05) is 25.4 Å². The van der Waals surface area contributed by atoms with Gasteiger partial charge in [0.05, 0.1) is 10.5 Å². The molecule has 2 heterocycles. The van der Waals surface area contributed by atoms with Crippen LogP contribution < -0.4 is 10.9 Å². The van der Waals surface area contributed by atoms with Crippen LogP contribution in [0.2, 0.25) is 0 Å². The van der Waals surface area contributed by atoms with Gasteiger partial charge in [-0.1, -0.05) is 36.1 Å². The summed E-state index contributed by atoms with van der Waals surface area (Å²) in [6.07, 6.45) is 4.47. The number of nitrogens with one attached hydrogen (secondary N) is 2. The van der Waals surface area contributed by atoms with Crippen molar-refractivity contribution in [2.45, 2.75) is 6.42 Å². The van der Waals surface area contributed by atoms with E-state index in [1.165, 1.54) is 29.4 Å². The maximum Gasteiger partial charge on any atom is 0.271 e. The maximum absolute atomic E-state index is 13.0. The van der Waals surface area contributed by atoms with Crippen LogP contribution in [-0.2, 0) is 9.59 Å². The molecule has 1 saturated heterocycles. The fourth-order valence-electron chi connectivity index (χ4n) is 2.37. The van der Waals surface area contributed by atoms with E-state index in [1.54, 1.807) is 30.3 Å². The van der Waals surface area contributed by atoms with Gasteiger partial charge in [-0.3, -0.25) is 35.1 Å². The second-order valence-corrected chi connectivity index (χ2v) is 7.55. The Morgan fingerprint density at radius 3 is 2.66 bits per heavy atom. The van der Waals surface area contributed by atoms with Crippen LogP contribution >= 0.6 is 24.0 Å². The van der Waals surface area contributed by atoms with E-state index in [4.69, 9.17) is 12.2 Å². The number of amides is 3. The van der Waals surface area contributed by atoms with Crippen LogP contribution in [0, 0.1) is 5.82 Å². The highest BCUT2D eigenvalue weighted by molar-refractivity contribution is 8.26. The van der Waals surface area contributed by atoms with Gasteiger partial charge < -0.3 is 0 Å². The van der Waals surface area contributed by atoms with Gasteiger partial charge in [-0.15, -0.1) is 0 Å². The predicted octanol–water partition coefficient (Wildman–Crippen LogP) is 2.27. The molecule has 0 bridgehead atoms. The maximum atomic E-state index is 13.0. The number of pyridine rings is 1. The summed E-state index contributed by atoms with van der Waals surface area (Å²) in [6.45, 7) is 0.0695. The number of aromatic nitrogens is 1. The quantitative estimate of drug-likeness (QED) is 0.430. The lowest BCUT2D eigenvalue weighted by molar-refractivity contribution is -0.124. The summed E-state index contributed by atoms with van der Waals surface area (Å²) in [4.78, 5) is 41.9. The van der Waals surface area contributed by atoms with Crippen LogP contribution in [0.5, 0.6) is 0 Å². The molecule has 1 aromatic heterocycles. The first-order valence-electron chi connectivity index (χ1n) is 8.44. The Bertz CT molecular complexity index is 981. The van der Waals surface area contributed by atoms with E-state index in [0.29, 0.717) is 20.4 Å². The minimum atomic E-state index is -0.501. The summed E-state index contributed by atoms with van der Waals surface area (Å²) < 4.78 is 13.3. The van der Waals surface area contributed by atoms with Crippen molar-refractivity contribution >= 4 is 52.1 Å². The summed E-state index contributed by atoms with van der Waals surface area (Å²) in [5.74, 6) is -1.66. The molecule has 1 aliphatic heterocycles. The minimum Gasteiger partial charge on any atom is -0.292 e. The zero-order valence-corrected chi connectivity index (χ0v) is 16.6. The number of hydrogen-bond donors (Lipinski definition) is 2. The van der Waals surface area contributed by atoms with E-state index in [9.17, 15) is 18.8 Å². The molecule has 0 radical (unpaired) electrons. The number of hydrazine groups is 1. The number of halogens is 1. The molecular weight excluding hydrogens is 415 g/mol. The van der Waals surface area contributed by atoms with Crippen molar-refractivity contribution in [3.63, 3.8) is 0 Å². The smallest absolute Gasteiger partial charge is 0.271 e. The van der Waals surface area contributed by atoms with Crippen molar-refractivity contribution in [1.29, 1.82) is 0 Å². The van der Waals surface area contributed by atoms with Gasteiger partial charge in [0.1, 0.15) is 10.1 Å². The van der Waals surface area contributed by atoms with Crippen LogP contribution in [0.15, 0.2) is 53.7 Å². The summed E-state index contributed by atoms with van der Waals surface area (Å²) in [7, 11) is 0. The van der Waals surface area contributed by atoms with E-state index in [0.717, 1.165) is 11.8 Å². The lowest BCUT2D eigenvalue weighted by Gasteiger charge is -2.14. The van der Waals surface area contributed by atoms with Crippen molar-refractivity contribution < 1.29 is 18.8 Å². The van der Waals surface area contributed by atoms with Gasteiger partial charge in [-0.05, 0) is 35.9 Å². The molecule has 3 amide bonds. The van der Waals surface area contributed by atoms with Crippen LogP contribution in [-0.4, -0.2) is 38.5 Å². The second kappa shape index (κ2) is 9.39. The molecule has 2 aromatic rings. The molecule has 2 N–H and O–H groups in total. The van der Waals surface area contributed by atoms with Crippen LogP contribution in [0.1, 0.15) is 22.3 Å². The Morgan fingerprint density at radius 1 is 1.21 bits per heavy atom. The average Bonchev–Trinajstić information content (AvgIpc) is 2.99. The zero-order valence-electron chi connectivity index (χ0n) is 14.9. The topological polar surface area (TPSA) is 91.4 Å². The number of rotatable bonds is 5. The lowest BCUT2D eigenvalue weighted by Crippen LogP contribution is -2.43. The van der Waals surface area contributed by atoms with E-state index in [1.807, 2.05) is 0 Å². The van der Waals surface area contributed by atoms with Crippen molar-refractivity contribution in [3.05, 3.63) is 70.6 Å². The molecule has 1 aromatic carbocycles. The number of carbonyl (C=O) groups excluding carboxylic acids is 3. The second-order valence-electron chi connectivity index (χ2n) is 5.88. The molecule has 0 unspecified atom stereocenters. The van der Waals surface area contributed by atoms with Gasteiger partial charge in [-0.25, -0.2) is 4.39 Å². The van der Waals surface area contributed by atoms with Gasteiger partial charge >= 0.3 is 0 Å². The highest BCUT2D eigenvalue weighted by Crippen LogP contribution is 2.32. The van der Waals surface area contributed by atoms with Gasteiger partial charge in [-0.2, -0.15) is 0 Å². The SMILES string of the molecule is O=C(CCN1C(=O)C(=Cc2ccc(F)cc2)SC1=S)NNC(=O)c1cccnc1. The van der Waals surface area contributed by atoms with Crippen LogP contribution in [0.3, 0.4) is 0 Å². The van der Waals surface area contributed by atoms with Crippen molar-refractivity contribution in [2.75, 3.05) is 6.54 Å². The molecule has 29 heavy (non-hydrogen) atoms. The number of thioether (sulfide) groups is 1. The predicted molar refractivity (Wildman–Crippen MR) is 111 cm³/mol. The molecular formula is C19H15FN4O3S2. The number of hydrogen-bond acceptors (Lipinski definition) is 6. The third-order valence-electron chi connectivity index (χ3n) is 3.84. The molecule has 0 atom stereocenters. The summed E-state index contributed by atoms with van der Waals surface area (Å²) >= 11 is 6.33. The molecule has 1 fully saturated rings. The number of benzene rings is 1. The van der Waals surface area contributed by atoms with Crippen molar-refractivity contribution in [1.82, 2.24) is 20.7 Å². The fourth-order valence-corrected chi connectivity index (χ4v) is 3.68. The van der Waals surface area contributed by atoms with Crippen LogP contribution in [0.25, 0.3) is 6.08 Å². The van der Waals surface area contributed by atoms with Crippen molar-refractivity contribution in [3.8, 4) is 0 Å². The van der Waals surface area contributed by atoms with E-state index >= 15 is 0 Å². The lowest BCUT2D eigenvalue weighted by atomic mass is 10.2. The molecule has 7 nitrogen and oxygen atoms in total. The standard InChI is InChI=1S/C19H15FN4O3S2/c20-14-5-3-12(4-6-14)10-15-18(27)24(19(28)29-15)9-7-16(25)22-23-17(26)13-2-1-8-21-11-13/h1-6,8,10-11H,7,9H2,(H,22,25)(H,23,26). The highest BCUT2D eigenvalue weighted by Gasteiger charge is 2.32. The van der Waals surface area contributed by atoms with Gasteiger partial charge in [0.2, 0.25) is 5.91 Å². The Balaban J connectivity index is 1.51. The summed E-state index contributed by atoms with van der Waals surface area (Å²) in [5.41, 5.74) is 5.54. The molecule has 148 valence electrons. The number of nitrogens with zero attached hydrogens (tertiary/aromatic N) is 2. The van der Waals surface area contributed by atoms with E-state index < -0.39 is 11.8 Å². The Hall–Kier alpha value is -3.11. The fraction of sp³-hybridized carbons (Fsp3) is 0.105. The molecule has 10 heteroatoms. The number of carbonyl (C=O) groups is 3.